The molecule has 2 rings (SSSR count). The van der Waals surface area contributed by atoms with Gasteiger partial charge in [-0.05, 0) is 61.8 Å². The normalized spacial score (nSPS) is 23.3. The number of ether oxygens (including phenoxy) is 1. The van der Waals surface area contributed by atoms with Gasteiger partial charge in [-0.25, -0.2) is 0 Å². The van der Waals surface area contributed by atoms with Crippen molar-refractivity contribution in [2.45, 2.75) is 45.4 Å². The molecular formula is C17H25BrN2O2S. The van der Waals surface area contributed by atoms with Crippen LogP contribution in [0.3, 0.4) is 0 Å². The summed E-state index contributed by atoms with van der Waals surface area (Å²) in [5, 5.41) is 3.01. The van der Waals surface area contributed by atoms with Gasteiger partial charge in [0.25, 0.3) is 0 Å². The summed E-state index contributed by atoms with van der Waals surface area (Å²) in [5.74, 6) is -0.0584. The highest BCUT2D eigenvalue weighted by Gasteiger charge is 2.33. The van der Waals surface area contributed by atoms with Crippen LogP contribution in [-0.2, 0) is 9.53 Å². The fraction of sp³-hybridized carbons (Fsp3) is 0.588. The molecule has 1 fully saturated rings. The van der Waals surface area contributed by atoms with E-state index in [0.717, 1.165) is 21.8 Å². The van der Waals surface area contributed by atoms with Crippen molar-refractivity contribution in [1.82, 2.24) is 10.2 Å². The number of halogens is 1. The summed E-state index contributed by atoms with van der Waals surface area (Å²) in [7, 11) is 0. The minimum Gasteiger partial charge on any atom is -0.373 e. The summed E-state index contributed by atoms with van der Waals surface area (Å²) in [6.07, 6.45) is 3.90. The maximum atomic E-state index is 12.0. The molecule has 2 atom stereocenters. The smallest absolute Gasteiger partial charge is 0.244 e. The Kier molecular flexibility index (Phi) is 6.42. The van der Waals surface area contributed by atoms with Crippen molar-refractivity contribution in [3.63, 3.8) is 0 Å². The summed E-state index contributed by atoms with van der Waals surface area (Å²) in [4.78, 5) is 15.5. The van der Waals surface area contributed by atoms with Crippen molar-refractivity contribution in [3.05, 3.63) is 26.9 Å². The largest absolute Gasteiger partial charge is 0.373 e. The van der Waals surface area contributed by atoms with E-state index in [1.807, 2.05) is 18.2 Å². The van der Waals surface area contributed by atoms with E-state index in [1.54, 1.807) is 17.4 Å². The van der Waals surface area contributed by atoms with Gasteiger partial charge >= 0.3 is 0 Å². The van der Waals surface area contributed by atoms with Crippen LogP contribution in [0, 0.1) is 0 Å². The molecule has 23 heavy (non-hydrogen) atoms. The topological polar surface area (TPSA) is 41.6 Å². The number of morpholine rings is 1. The molecule has 0 bridgehead atoms. The first-order valence-electron chi connectivity index (χ1n) is 7.88. The van der Waals surface area contributed by atoms with Crippen LogP contribution in [0.5, 0.6) is 0 Å². The zero-order valence-electron chi connectivity index (χ0n) is 14.1. The SMILES string of the molecule is CC1CN(C(C)(C)CNC(=O)/C=C/c2ccc(Br)s2)CC(C)O1. The summed E-state index contributed by atoms with van der Waals surface area (Å²) < 4.78 is 6.85. The molecule has 0 spiro atoms. The van der Waals surface area contributed by atoms with Crippen molar-refractivity contribution in [1.29, 1.82) is 0 Å². The average Bonchev–Trinajstić information content (AvgIpc) is 2.88. The second-order valence-corrected chi connectivity index (χ2v) is 9.16. The number of hydrogen-bond acceptors (Lipinski definition) is 4. The Morgan fingerprint density at radius 2 is 2.09 bits per heavy atom. The first-order chi connectivity index (χ1) is 10.8. The molecule has 6 heteroatoms. The Morgan fingerprint density at radius 3 is 2.65 bits per heavy atom. The lowest BCUT2D eigenvalue weighted by atomic mass is 10.00. The van der Waals surface area contributed by atoms with Gasteiger partial charge in [0.15, 0.2) is 0 Å². The number of hydrogen-bond donors (Lipinski definition) is 1. The number of amides is 1. The van der Waals surface area contributed by atoms with Crippen molar-refractivity contribution < 1.29 is 9.53 Å². The van der Waals surface area contributed by atoms with Gasteiger partial charge in [0, 0.05) is 36.1 Å². The van der Waals surface area contributed by atoms with Gasteiger partial charge in [0.2, 0.25) is 5.91 Å². The molecule has 2 unspecified atom stereocenters. The van der Waals surface area contributed by atoms with Crippen LogP contribution in [0.1, 0.15) is 32.6 Å². The number of carbonyl (C=O) groups excluding carboxylic acids is 1. The Morgan fingerprint density at radius 1 is 1.43 bits per heavy atom. The quantitative estimate of drug-likeness (QED) is 0.768. The molecule has 0 aliphatic carbocycles. The van der Waals surface area contributed by atoms with E-state index >= 15 is 0 Å². The second-order valence-electron chi connectivity index (χ2n) is 6.67. The van der Waals surface area contributed by atoms with Crippen molar-refractivity contribution in [3.8, 4) is 0 Å². The van der Waals surface area contributed by atoms with E-state index in [0.29, 0.717) is 6.54 Å². The molecular weight excluding hydrogens is 376 g/mol. The monoisotopic (exact) mass is 400 g/mol. The van der Waals surface area contributed by atoms with Gasteiger partial charge in [0.05, 0.1) is 16.0 Å². The lowest BCUT2D eigenvalue weighted by Crippen LogP contribution is -2.58. The third-order valence-electron chi connectivity index (χ3n) is 3.96. The molecule has 128 valence electrons. The van der Waals surface area contributed by atoms with Crippen molar-refractivity contribution in [2.75, 3.05) is 19.6 Å². The fourth-order valence-electron chi connectivity index (χ4n) is 2.72. The maximum absolute atomic E-state index is 12.0. The zero-order chi connectivity index (χ0) is 17.0. The van der Waals surface area contributed by atoms with Crippen LogP contribution in [0.4, 0.5) is 0 Å². The standard InChI is InChI=1S/C17H25BrN2O2S/c1-12-9-20(10-13(2)22-12)17(3,4)11-19-16(21)8-6-14-5-7-15(18)23-14/h5-8,12-13H,9-11H2,1-4H3,(H,19,21)/b8-6+. The number of carbonyl (C=O) groups is 1. The lowest BCUT2D eigenvalue weighted by molar-refractivity contribution is -0.118. The summed E-state index contributed by atoms with van der Waals surface area (Å²) >= 11 is 5.02. The molecule has 0 saturated carbocycles. The van der Waals surface area contributed by atoms with Crippen molar-refractivity contribution in [2.24, 2.45) is 0 Å². The summed E-state index contributed by atoms with van der Waals surface area (Å²) in [6, 6.07) is 3.96. The molecule has 1 aliphatic rings. The minimum atomic E-state index is -0.0955. The van der Waals surface area contributed by atoms with Gasteiger partial charge in [-0.15, -0.1) is 11.3 Å². The first kappa shape index (κ1) is 18.6. The van der Waals surface area contributed by atoms with Crippen LogP contribution in [-0.4, -0.2) is 48.2 Å². The van der Waals surface area contributed by atoms with E-state index in [9.17, 15) is 4.79 Å². The number of rotatable bonds is 5. The van der Waals surface area contributed by atoms with Crippen LogP contribution in [0.25, 0.3) is 6.08 Å². The summed E-state index contributed by atoms with van der Waals surface area (Å²) in [5.41, 5.74) is -0.0955. The summed E-state index contributed by atoms with van der Waals surface area (Å²) in [6.45, 7) is 10.9. The molecule has 2 heterocycles. The highest BCUT2D eigenvalue weighted by Crippen LogP contribution is 2.23. The van der Waals surface area contributed by atoms with E-state index in [1.165, 1.54) is 0 Å². The third-order valence-corrected chi connectivity index (χ3v) is 5.55. The minimum absolute atomic E-state index is 0.0584. The number of thiophene rings is 1. The molecule has 1 aromatic heterocycles. The molecule has 1 saturated heterocycles. The molecule has 4 nitrogen and oxygen atoms in total. The predicted molar refractivity (Wildman–Crippen MR) is 99.7 cm³/mol. The first-order valence-corrected chi connectivity index (χ1v) is 9.49. The second kappa shape index (κ2) is 7.92. The lowest BCUT2D eigenvalue weighted by Gasteiger charge is -2.45. The van der Waals surface area contributed by atoms with E-state index in [2.05, 4.69) is 53.8 Å². The van der Waals surface area contributed by atoms with E-state index in [-0.39, 0.29) is 23.7 Å². The molecule has 0 radical (unpaired) electrons. The Balaban J connectivity index is 1.85. The molecule has 1 amide bonds. The zero-order valence-corrected chi connectivity index (χ0v) is 16.5. The third kappa shape index (κ3) is 5.71. The van der Waals surface area contributed by atoms with Gasteiger partial charge in [0.1, 0.15) is 0 Å². The average molecular weight is 401 g/mol. The molecule has 0 aromatic carbocycles. The molecule has 1 aromatic rings. The van der Waals surface area contributed by atoms with Crippen LogP contribution in [0.2, 0.25) is 0 Å². The number of nitrogens with zero attached hydrogens (tertiary/aromatic N) is 1. The van der Waals surface area contributed by atoms with Gasteiger partial charge in [-0.2, -0.15) is 0 Å². The fourth-order valence-corrected chi connectivity index (χ4v) is 4.05. The van der Waals surface area contributed by atoms with Crippen LogP contribution in [0.15, 0.2) is 22.0 Å². The van der Waals surface area contributed by atoms with Gasteiger partial charge < -0.3 is 10.1 Å². The van der Waals surface area contributed by atoms with Crippen LogP contribution < -0.4 is 5.32 Å². The van der Waals surface area contributed by atoms with E-state index < -0.39 is 0 Å². The van der Waals surface area contributed by atoms with E-state index in [4.69, 9.17) is 4.74 Å². The highest BCUT2D eigenvalue weighted by molar-refractivity contribution is 9.11. The Hall–Kier alpha value is -0.690. The Labute approximate surface area is 151 Å². The van der Waals surface area contributed by atoms with Gasteiger partial charge in [-0.1, -0.05) is 0 Å². The van der Waals surface area contributed by atoms with Gasteiger partial charge in [-0.3, -0.25) is 9.69 Å². The molecule has 1 N–H and O–H groups in total. The highest BCUT2D eigenvalue weighted by atomic mass is 79.9. The Bertz CT molecular complexity index is 561. The van der Waals surface area contributed by atoms with Crippen LogP contribution >= 0.6 is 27.3 Å². The van der Waals surface area contributed by atoms with Crippen molar-refractivity contribution >= 4 is 39.2 Å². The number of nitrogens with one attached hydrogen (secondary N) is 1. The predicted octanol–water partition coefficient (Wildman–Crippen LogP) is 3.53. The maximum Gasteiger partial charge on any atom is 0.244 e. The molecule has 1 aliphatic heterocycles.